The summed E-state index contributed by atoms with van der Waals surface area (Å²) in [5, 5.41) is 2.26. The Morgan fingerprint density at radius 3 is 2.74 bits per heavy atom. The predicted molar refractivity (Wildman–Crippen MR) is 81.2 cm³/mol. The number of imide groups is 1. The highest BCUT2D eigenvalue weighted by Crippen LogP contribution is 2.32. The van der Waals surface area contributed by atoms with Crippen molar-refractivity contribution in [1.82, 2.24) is 10.2 Å². The fourth-order valence-corrected chi connectivity index (χ4v) is 3.21. The Morgan fingerprint density at radius 2 is 2.09 bits per heavy atom. The minimum Gasteiger partial charge on any atom is -0.322 e. The van der Waals surface area contributed by atoms with Crippen LogP contribution in [0, 0.1) is 5.82 Å². The second-order valence-corrected chi connectivity index (χ2v) is 6.24. The average molecular weight is 318 g/mol. The summed E-state index contributed by atoms with van der Waals surface area (Å²) in [6, 6.07) is 2.36. The molecule has 1 N–H and O–H groups in total. The number of amides is 3. The van der Waals surface area contributed by atoms with E-state index in [0.717, 1.165) is 12.0 Å². The third-order valence-corrected chi connectivity index (χ3v) is 4.78. The molecular weight excluding hydrogens is 299 g/mol. The van der Waals surface area contributed by atoms with E-state index in [2.05, 4.69) is 5.32 Å². The number of benzene rings is 1. The molecule has 2 atom stereocenters. The first-order valence-corrected chi connectivity index (χ1v) is 7.89. The molecule has 0 aliphatic carbocycles. The van der Waals surface area contributed by atoms with Crippen LogP contribution in [-0.2, 0) is 16.1 Å². The molecule has 23 heavy (non-hydrogen) atoms. The van der Waals surface area contributed by atoms with Gasteiger partial charge in [-0.15, -0.1) is 0 Å². The van der Waals surface area contributed by atoms with E-state index in [0.29, 0.717) is 17.5 Å². The number of fused-ring (bicyclic) bond motifs is 1. The number of nitrogens with zero attached hydrogens (tertiary/aromatic N) is 1. The lowest BCUT2D eigenvalue weighted by Gasteiger charge is -2.29. The molecule has 122 valence electrons. The van der Waals surface area contributed by atoms with Crippen LogP contribution < -0.4 is 5.32 Å². The Morgan fingerprint density at radius 1 is 1.35 bits per heavy atom. The minimum atomic E-state index is -0.664. The molecule has 2 unspecified atom stereocenters. The maximum Gasteiger partial charge on any atom is 0.255 e. The van der Waals surface area contributed by atoms with E-state index < -0.39 is 11.9 Å². The highest BCUT2D eigenvalue weighted by molar-refractivity contribution is 6.05. The van der Waals surface area contributed by atoms with Crippen molar-refractivity contribution >= 4 is 17.7 Å². The summed E-state index contributed by atoms with van der Waals surface area (Å²) in [7, 11) is 0. The number of nitrogens with one attached hydrogen (secondary N) is 1. The van der Waals surface area contributed by atoms with Crippen LogP contribution in [0.3, 0.4) is 0 Å². The highest BCUT2D eigenvalue weighted by Gasteiger charge is 2.39. The van der Waals surface area contributed by atoms with Gasteiger partial charge in [0.25, 0.3) is 5.91 Å². The van der Waals surface area contributed by atoms with E-state index in [1.165, 1.54) is 11.0 Å². The molecule has 0 aromatic heterocycles. The van der Waals surface area contributed by atoms with Gasteiger partial charge in [0.15, 0.2) is 0 Å². The van der Waals surface area contributed by atoms with Crippen LogP contribution in [0.4, 0.5) is 4.39 Å². The van der Waals surface area contributed by atoms with Crippen molar-refractivity contribution in [2.45, 2.75) is 51.6 Å². The van der Waals surface area contributed by atoms with E-state index in [4.69, 9.17) is 0 Å². The van der Waals surface area contributed by atoms with Crippen molar-refractivity contribution in [1.29, 1.82) is 0 Å². The number of halogens is 1. The molecule has 1 fully saturated rings. The molecule has 0 bridgehead atoms. The van der Waals surface area contributed by atoms with Gasteiger partial charge in [-0.2, -0.15) is 0 Å². The van der Waals surface area contributed by atoms with Gasteiger partial charge in [0.2, 0.25) is 11.8 Å². The standard InChI is InChI=1S/C17H19FN2O3/c1-3-9(2)11-6-10-8-20(17(23)12(10)7-13(11)18)14-4-5-15(21)19-16(14)22/h6-7,9,14H,3-5,8H2,1-2H3,(H,19,21,22). The van der Waals surface area contributed by atoms with E-state index in [-0.39, 0.29) is 36.5 Å². The van der Waals surface area contributed by atoms with Gasteiger partial charge in [-0.3, -0.25) is 19.7 Å². The summed E-state index contributed by atoms with van der Waals surface area (Å²) in [5.74, 6) is -1.42. The monoisotopic (exact) mass is 318 g/mol. The van der Waals surface area contributed by atoms with E-state index in [1.807, 2.05) is 13.8 Å². The molecule has 5 nitrogen and oxygen atoms in total. The summed E-state index contributed by atoms with van der Waals surface area (Å²) >= 11 is 0. The van der Waals surface area contributed by atoms with Gasteiger partial charge in [-0.25, -0.2) is 4.39 Å². The fourth-order valence-electron chi connectivity index (χ4n) is 3.21. The van der Waals surface area contributed by atoms with Crippen LogP contribution in [0.5, 0.6) is 0 Å². The number of rotatable bonds is 3. The molecule has 2 aliphatic heterocycles. The first-order chi connectivity index (χ1) is 10.9. The van der Waals surface area contributed by atoms with Crippen LogP contribution in [0.1, 0.15) is 60.5 Å². The fraction of sp³-hybridized carbons (Fsp3) is 0.471. The van der Waals surface area contributed by atoms with Crippen molar-refractivity contribution < 1.29 is 18.8 Å². The van der Waals surface area contributed by atoms with Crippen molar-refractivity contribution in [2.75, 3.05) is 0 Å². The van der Waals surface area contributed by atoms with E-state index in [9.17, 15) is 18.8 Å². The Labute approximate surface area is 133 Å². The topological polar surface area (TPSA) is 66.5 Å². The van der Waals surface area contributed by atoms with Gasteiger partial charge >= 0.3 is 0 Å². The van der Waals surface area contributed by atoms with Crippen molar-refractivity contribution in [2.24, 2.45) is 0 Å². The van der Waals surface area contributed by atoms with Crippen LogP contribution >= 0.6 is 0 Å². The van der Waals surface area contributed by atoms with Gasteiger partial charge < -0.3 is 4.90 Å². The number of hydrogen-bond donors (Lipinski definition) is 1. The Bertz CT molecular complexity index is 701. The van der Waals surface area contributed by atoms with Gasteiger partial charge in [0.1, 0.15) is 11.9 Å². The average Bonchev–Trinajstić information content (AvgIpc) is 2.82. The quantitative estimate of drug-likeness (QED) is 0.868. The lowest BCUT2D eigenvalue weighted by atomic mass is 9.94. The molecule has 0 radical (unpaired) electrons. The molecular formula is C17H19FN2O3. The normalized spacial score (nSPS) is 22.1. The van der Waals surface area contributed by atoms with Crippen molar-refractivity contribution in [3.05, 3.63) is 34.6 Å². The third-order valence-electron chi connectivity index (χ3n) is 4.78. The molecule has 3 rings (SSSR count). The maximum atomic E-state index is 14.3. The summed E-state index contributed by atoms with van der Waals surface area (Å²) in [5.41, 5.74) is 1.67. The maximum absolute atomic E-state index is 14.3. The molecule has 1 saturated heterocycles. The SMILES string of the molecule is CCC(C)c1cc2c(cc1F)C(=O)N(C1CCC(=O)NC1=O)C2. The lowest BCUT2D eigenvalue weighted by Crippen LogP contribution is -2.52. The van der Waals surface area contributed by atoms with Crippen LogP contribution in [0.2, 0.25) is 0 Å². The first-order valence-electron chi connectivity index (χ1n) is 7.89. The van der Waals surface area contributed by atoms with Crippen LogP contribution in [0.15, 0.2) is 12.1 Å². The van der Waals surface area contributed by atoms with Crippen molar-refractivity contribution in [3.8, 4) is 0 Å². The smallest absolute Gasteiger partial charge is 0.255 e. The van der Waals surface area contributed by atoms with Gasteiger partial charge in [-0.05, 0) is 36.0 Å². The molecule has 0 saturated carbocycles. The highest BCUT2D eigenvalue weighted by atomic mass is 19.1. The van der Waals surface area contributed by atoms with Gasteiger partial charge in [0.05, 0.1) is 0 Å². The molecule has 1 aromatic carbocycles. The first kappa shape index (κ1) is 15.6. The zero-order chi connectivity index (χ0) is 16.7. The zero-order valence-corrected chi connectivity index (χ0v) is 13.2. The molecule has 2 heterocycles. The number of hydrogen-bond acceptors (Lipinski definition) is 3. The number of carbonyl (C=O) groups is 3. The second kappa shape index (κ2) is 5.76. The van der Waals surface area contributed by atoms with E-state index in [1.54, 1.807) is 6.07 Å². The van der Waals surface area contributed by atoms with Crippen LogP contribution in [0.25, 0.3) is 0 Å². The minimum absolute atomic E-state index is 0.0695. The zero-order valence-electron chi connectivity index (χ0n) is 13.2. The molecule has 1 aromatic rings. The van der Waals surface area contributed by atoms with Gasteiger partial charge in [0, 0.05) is 18.5 Å². The second-order valence-electron chi connectivity index (χ2n) is 6.24. The lowest BCUT2D eigenvalue weighted by molar-refractivity contribution is -0.136. The number of carbonyl (C=O) groups excluding carboxylic acids is 3. The summed E-state index contributed by atoms with van der Waals surface area (Å²) in [6.45, 7) is 4.21. The molecule has 6 heteroatoms. The summed E-state index contributed by atoms with van der Waals surface area (Å²) in [6.07, 6.45) is 1.33. The Kier molecular flexibility index (Phi) is 3.92. The predicted octanol–water partition coefficient (Wildman–Crippen LogP) is 2.10. The van der Waals surface area contributed by atoms with E-state index >= 15 is 0 Å². The Balaban J connectivity index is 1.90. The van der Waals surface area contributed by atoms with Crippen molar-refractivity contribution in [3.63, 3.8) is 0 Å². The molecule has 2 aliphatic rings. The largest absolute Gasteiger partial charge is 0.322 e. The number of piperidine rings is 1. The third kappa shape index (κ3) is 2.62. The summed E-state index contributed by atoms with van der Waals surface area (Å²) < 4.78 is 14.3. The Hall–Kier alpha value is -2.24. The van der Waals surface area contributed by atoms with Gasteiger partial charge in [-0.1, -0.05) is 19.9 Å². The van der Waals surface area contributed by atoms with Crippen LogP contribution in [-0.4, -0.2) is 28.7 Å². The molecule has 3 amide bonds. The summed E-state index contributed by atoms with van der Waals surface area (Å²) in [4.78, 5) is 37.2. The molecule has 0 spiro atoms.